The molecule has 0 radical (unpaired) electrons. The van der Waals surface area contributed by atoms with Gasteiger partial charge in [-0.3, -0.25) is 9.78 Å². The van der Waals surface area contributed by atoms with Crippen LogP contribution in [0.15, 0.2) is 36.5 Å². The molecule has 1 saturated heterocycles. The summed E-state index contributed by atoms with van der Waals surface area (Å²) >= 11 is 0. The quantitative estimate of drug-likeness (QED) is 0.787. The lowest BCUT2D eigenvalue weighted by molar-refractivity contribution is 0.103. The fraction of sp³-hybridized carbons (Fsp3) is 0.368. The fourth-order valence-electron chi connectivity index (χ4n) is 3.05. The SMILES string of the molecule is COC(=O)N1CCCN(c2cccc(C(=O)c3cccnc3C)n2)CC1.[HH]. The number of hydrogen-bond acceptors (Lipinski definition) is 6. The number of hydrogen-bond donors (Lipinski definition) is 0. The first-order chi connectivity index (χ1) is 12.6. The highest BCUT2D eigenvalue weighted by Crippen LogP contribution is 2.17. The van der Waals surface area contributed by atoms with Gasteiger partial charge in [-0.15, -0.1) is 0 Å². The first-order valence-electron chi connectivity index (χ1n) is 8.61. The molecule has 1 amide bonds. The second-order valence-corrected chi connectivity index (χ2v) is 6.14. The molecule has 138 valence electrons. The average molecular weight is 356 g/mol. The van der Waals surface area contributed by atoms with Gasteiger partial charge in [-0.25, -0.2) is 9.78 Å². The van der Waals surface area contributed by atoms with Crippen LogP contribution in [0.5, 0.6) is 0 Å². The zero-order valence-electron chi connectivity index (χ0n) is 15.0. The Morgan fingerprint density at radius 3 is 2.73 bits per heavy atom. The van der Waals surface area contributed by atoms with Gasteiger partial charge in [-0.1, -0.05) is 6.07 Å². The standard InChI is InChI=1S/C19H22N4O3.H2/c1-14-15(6-4-9-20-14)18(24)16-7-3-8-17(21-16)22-10-5-11-23(13-12-22)19(25)26-2;/h3-4,6-9H,5,10-13H2,1-2H3;1H. The summed E-state index contributed by atoms with van der Waals surface area (Å²) < 4.78 is 4.80. The van der Waals surface area contributed by atoms with Gasteiger partial charge in [-0.05, 0) is 37.6 Å². The van der Waals surface area contributed by atoms with Crippen LogP contribution in [-0.4, -0.2) is 60.0 Å². The zero-order chi connectivity index (χ0) is 18.5. The number of ether oxygens (including phenoxy) is 1. The number of amides is 1. The second kappa shape index (κ2) is 7.95. The molecule has 7 nitrogen and oxygen atoms in total. The van der Waals surface area contributed by atoms with Gasteiger partial charge >= 0.3 is 6.09 Å². The number of pyridine rings is 2. The van der Waals surface area contributed by atoms with Crippen molar-refractivity contribution in [2.24, 2.45) is 0 Å². The number of rotatable bonds is 3. The van der Waals surface area contributed by atoms with E-state index < -0.39 is 0 Å². The molecule has 3 rings (SSSR count). The normalized spacial score (nSPS) is 14.7. The van der Waals surface area contributed by atoms with E-state index in [1.54, 1.807) is 29.3 Å². The van der Waals surface area contributed by atoms with Crippen molar-refractivity contribution in [1.29, 1.82) is 0 Å². The lowest BCUT2D eigenvalue weighted by Crippen LogP contribution is -2.35. The Morgan fingerprint density at radius 1 is 1.12 bits per heavy atom. The molecule has 2 aromatic heterocycles. The molecule has 26 heavy (non-hydrogen) atoms. The lowest BCUT2D eigenvalue weighted by Gasteiger charge is -2.22. The van der Waals surface area contributed by atoms with Crippen LogP contribution in [-0.2, 0) is 4.74 Å². The maximum Gasteiger partial charge on any atom is 0.409 e. The van der Waals surface area contributed by atoms with E-state index in [1.165, 1.54) is 7.11 Å². The molecule has 0 atom stereocenters. The molecule has 3 heterocycles. The van der Waals surface area contributed by atoms with E-state index in [4.69, 9.17) is 4.74 Å². The van der Waals surface area contributed by atoms with Crippen LogP contribution in [0.2, 0.25) is 0 Å². The van der Waals surface area contributed by atoms with Gasteiger partial charge in [-0.2, -0.15) is 0 Å². The highest BCUT2D eigenvalue weighted by atomic mass is 16.5. The molecular formula is C19H24N4O3. The third-order valence-electron chi connectivity index (χ3n) is 4.47. The van der Waals surface area contributed by atoms with Crippen LogP contribution in [0.25, 0.3) is 0 Å². The van der Waals surface area contributed by atoms with E-state index in [-0.39, 0.29) is 13.3 Å². The average Bonchev–Trinajstić information content (AvgIpc) is 2.93. The molecule has 2 aromatic rings. The van der Waals surface area contributed by atoms with E-state index in [0.717, 1.165) is 18.8 Å². The summed E-state index contributed by atoms with van der Waals surface area (Å²) in [4.78, 5) is 37.0. The van der Waals surface area contributed by atoms with Crippen molar-refractivity contribution in [3.8, 4) is 0 Å². The molecule has 1 aliphatic rings. The Hall–Kier alpha value is -2.96. The summed E-state index contributed by atoms with van der Waals surface area (Å²) in [6.07, 6.45) is 2.17. The van der Waals surface area contributed by atoms with E-state index in [1.807, 2.05) is 19.1 Å². The van der Waals surface area contributed by atoms with Crippen molar-refractivity contribution in [2.75, 3.05) is 38.2 Å². The minimum Gasteiger partial charge on any atom is -0.453 e. The van der Waals surface area contributed by atoms with Crippen LogP contribution in [0.3, 0.4) is 0 Å². The van der Waals surface area contributed by atoms with Crippen molar-refractivity contribution in [2.45, 2.75) is 13.3 Å². The van der Waals surface area contributed by atoms with E-state index in [0.29, 0.717) is 36.6 Å². The van der Waals surface area contributed by atoms with Crippen LogP contribution in [0.1, 0.15) is 29.6 Å². The lowest BCUT2D eigenvalue weighted by atomic mass is 10.1. The minimum absolute atomic E-state index is 0. The van der Waals surface area contributed by atoms with Crippen molar-refractivity contribution < 1.29 is 15.8 Å². The summed E-state index contributed by atoms with van der Waals surface area (Å²) in [5.41, 5.74) is 1.64. The topological polar surface area (TPSA) is 75.6 Å². The van der Waals surface area contributed by atoms with Crippen LogP contribution >= 0.6 is 0 Å². The summed E-state index contributed by atoms with van der Waals surface area (Å²) in [5, 5.41) is 0. The van der Waals surface area contributed by atoms with Crippen molar-refractivity contribution in [3.63, 3.8) is 0 Å². The first kappa shape index (κ1) is 17.8. The highest BCUT2D eigenvalue weighted by molar-refractivity contribution is 6.08. The Bertz CT molecular complexity index is 815. The van der Waals surface area contributed by atoms with Gasteiger partial charge in [0.2, 0.25) is 5.78 Å². The fourth-order valence-corrected chi connectivity index (χ4v) is 3.05. The number of aryl methyl sites for hydroxylation is 1. The molecule has 1 fully saturated rings. The van der Waals surface area contributed by atoms with E-state index >= 15 is 0 Å². The predicted octanol–water partition coefficient (Wildman–Crippen LogP) is 2.54. The number of nitrogens with zero attached hydrogens (tertiary/aromatic N) is 4. The summed E-state index contributed by atoms with van der Waals surface area (Å²) in [6.45, 7) is 4.44. The van der Waals surface area contributed by atoms with Gasteiger partial charge in [0.25, 0.3) is 0 Å². The number of aromatic nitrogens is 2. The van der Waals surface area contributed by atoms with Gasteiger partial charge in [0.1, 0.15) is 11.5 Å². The summed E-state index contributed by atoms with van der Waals surface area (Å²) in [6, 6.07) is 8.96. The number of anilines is 1. The third kappa shape index (κ3) is 3.82. The van der Waals surface area contributed by atoms with Crippen molar-refractivity contribution in [3.05, 3.63) is 53.5 Å². The number of carbonyl (C=O) groups excluding carboxylic acids is 2. The number of methoxy groups -OCH3 is 1. The van der Waals surface area contributed by atoms with Crippen LogP contribution in [0.4, 0.5) is 10.6 Å². The number of carbonyl (C=O) groups is 2. The Labute approximate surface area is 154 Å². The molecule has 0 unspecified atom stereocenters. The van der Waals surface area contributed by atoms with Gasteiger partial charge < -0.3 is 14.5 Å². The Kier molecular flexibility index (Phi) is 5.46. The molecule has 7 heteroatoms. The molecule has 0 aliphatic carbocycles. The van der Waals surface area contributed by atoms with Crippen molar-refractivity contribution in [1.82, 2.24) is 14.9 Å². The van der Waals surface area contributed by atoms with Gasteiger partial charge in [0.15, 0.2) is 0 Å². The molecule has 0 saturated carbocycles. The predicted molar refractivity (Wildman–Crippen MR) is 99.6 cm³/mol. The Morgan fingerprint density at radius 2 is 1.96 bits per heavy atom. The minimum atomic E-state index is -0.309. The highest BCUT2D eigenvalue weighted by Gasteiger charge is 2.21. The molecule has 0 bridgehead atoms. The van der Waals surface area contributed by atoms with Crippen LogP contribution in [0, 0.1) is 6.92 Å². The molecule has 1 aliphatic heterocycles. The van der Waals surface area contributed by atoms with Gasteiger partial charge in [0.05, 0.1) is 7.11 Å². The van der Waals surface area contributed by atoms with Crippen molar-refractivity contribution >= 4 is 17.7 Å². The summed E-state index contributed by atoms with van der Waals surface area (Å²) in [7, 11) is 1.39. The van der Waals surface area contributed by atoms with Crippen LogP contribution < -0.4 is 4.90 Å². The Balaban J connectivity index is 0.00000261. The largest absolute Gasteiger partial charge is 0.453 e. The second-order valence-electron chi connectivity index (χ2n) is 6.14. The third-order valence-corrected chi connectivity index (χ3v) is 4.47. The van der Waals surface area contributed by atoms with E-state index in [9.17, 15) is 9.59 Å². The van der Waals surface area contributed by atoms with E-state index in [2.05, 4.69) is 14.9 Å². The van der Waals surface area contributed by atoms with Gasteiger partial charge in [0, 0.05) is 45.1 Å². The molecular weight excluding hydrogens is 332 g/mol. The summed E-state index contributed by atoms with van der Waals surface area (Å²) in [5.74, 6) is 0.604. The maximum absolute atomic E-state index is 12.8. The molecule has 0 aromatic carbocycles. The molecule has 0 spiro atoms. The smallest absolute Gasteiger partial charge is 0.409 e. The maximum atomic E-state index is 12.8. The monoisotopic (exact) mass is 356 g/mol. The zero-order valence-corrected chi connectivity index (χ0v) is 15.0. The molecule has 0 N–H and O–H groups in total. The number of ketones is 1. The first-order valence-corrected chi connectivity index (χ1v) is 8.61.